The molecule has 3 rings (SSSR count). The van der Waals surface area contributed by atoms with Crippen LogP contribution >= 0.6 is 0 Å². The number of nitrogens with two attached hydrogens (primary N) is 2. The topological polar surface area (TPSA) is 52.0 Å². The van der Waals surface area contributed by atoms with Gasteiger partial charge in [-0.25, -0.2) is 0 Å². The van der Waals surface area contributed by atoms with E-state index in [1.807, 2.05) is 30.3 Å². The van der Waals surface area contributed by atoms with Crippen LogP contribution < -0.4 is 11.5 Å². The molecule has 0 spiro atoms. The summed E-state index contributed by atoms with van der Waals surface area (Å²) in [5.74, 6) is 0. The molecule has 2 heteroatoms. The summed E-state index contributed by atoms with van der Waals surface area (Å²) in [6.07, 6.45) is 3.84. The Morgan fingerprint density at radius 3 is 2.07 bits per heavy atom. The van der Waals surface area contributed by atoms with Crippen LogP contribution in [-0.2, 0) is 0 Å². The van der Waals surface area contributed by atoms with Crippen LogP contribution in [0.4, 0.5) is 11.4 Å². The minimum atomic E-state index is 0.775. The van der Waals surface area contributed by atoms with Gasteiger partial charge in [-0.1, -0.05) is 54.6 Å². The molecule has 0 atom stereocenters. The Bertz CT molecular complexity index is 948. The second-order valence-corrected chi connectivity index (χ2v) is 6.72. The molecule has 4 N–H and O–H groups in total. The monoisotopic (exact) mass is 354 g/mol. The lowest BCUT2D eigenvalue weighted by Crippen LogP contribution is -1.95. The van der Waals surface area contributed by atoms with E-state index >= 15 is 0 Å². The van der Waals surface area contributed by atoms with Gasteiger partial charge in [0.1, 0.15) is 0 Å². The van der Waals surface area contributed by atoms with Crippen molar-refractivity contribution in [1.29, 1.82) is 0 Å². The molecule has 27 heavy (non-hydrogen) atoms. The summed E-state index contributed by atoms with van der Waals surface area (Å²) < 4.78 is 0. The van der Waals surface area contributed by atoms with Crippen LogP contribution in [0, 0.1) is 0 Å². The SMILES string of the molecule is C=CCC/C(=C(\C)c1ccc(N)cc1)c1ccccc1-c1ccc(N)cc1. The highest BCUT2D eigenvalue weighted by atomic mass is 14.5. The molecule has 0 unspecified atom stereocenters. The van der Waals surface area contributed by atoms with Crippen LogP contribution in [0.3, 0.4) is 0 Å². The first-order valence-electron chi connectivity index (χ1n) is 9.22. The summed E-state index contributed by atoms with van der Waals surface area (Å²) in [5.41, 5.74) is 20.7. The van der Waals surface area contributed by atoms with Crippen LogP contribution in [-0.4, -0.2) is 0 Å². The van der Waals surface area contributed by atoms with Crippen molar-refractivity contribution in [3.63, 3.8) is 0 Å². The van der Waals surface area contributed by atoms with Crippen molar-refractivity contribution < 1.29 is 0 Å². The van der Waals surface area contributed by atoms with E-state index in [0.29, 0.717) is 0 Å². The highest BCUT2D eigenvalue weighted by molar-refractivity contribution is 5.95. The molecule has 0 aliphatic rings. The highest BCUT2D eigenvalue weighted by Crippen LogP contribution is 2.36. The molecule has 0 fully saturated rings. The Balaban J connectivity index is 2.16. The highest BCUT2D eigenvalue weighted by Gasteiger charge is 2.13. The number of hydrogen-bond acceptors (Lipinski definition) is 2. The molecule has 0 saturated heterocycles. The molecule has 0 amide bonds. The van der Waals surface area contributed by atoms with Gasteiger partial charge in [-0.3, -0.25) is 0 Å². The van der Waals surface area contributed by atoms with Crippen molar-refractivity contribution in [3.8, 4) is 11.1 Å². The quantitative estimate of drug-likeness (QED) is 0.305. The molecular formula is C25H26N2. The summed E-state index contributed by atoms with van der Waals surface area (Å²) in [6, 6.07) is 24.7. The predicted octanol–water partition coefficient (Wildman–Crippen LogP) is 6.41. The van der Waals surface area contributed by atoms with E-state index in [4.69, 9.17) is 11.5 Å². The first-order valence-corrected chi connectivity index (χ1v) is 9.22. The second kappa shape index (κ2) is 8.41. The Morgan fingerprint density at radius 2 is 1.44 bits per heavy atom. The predicted molar refractivity (Wildman–Crippen MR) is 119 cm³/mol. The van der Waals surface area contributed by atoms with E-state index in [9.17, 15) is 0 Å². The van der Waals surface area contributed by atoms with Gasteiger partial charge < -0.3 is 11.5 Å². The summed E-state index contributed by atoms with van der Waals surface area (Å²) in [6.45, 7) is 6.09. The molecule has 0 aliphatic carbocycles. The zero-order valence-electron chi connectivity index (χ0n) is 15.8. The van der Waals surface area contributed by atoms with E-state index in [1.54, 1.807) is 0 Å². The van der Waals surface area contributed by atoms with E-state index in [1.165, 1.54) is 33.4 Å². The molecule has 0 saturated carbocycles. The minimum Gasteiger partial charge on any atom is -0.399 e. The molecule has 136 valence electrons. The van der Waals surface area contributed by atoms with Gasteiger partial charge in [-0.05, 0) is 77.4 Å². The van der Waals surface area contributed by atoms with E-state index in [2.05, 4.69) is 62.0 Å². The molecule has 0 bridgehead atoms. The first-order chi connectivity index (χ1) is 13.1. The molecule has 2 nitrogen and oxygen atoms in total. The fraction of sp³-hybridized carbons (Fsp3) is 0.120. The second-order valence-electron chi connectivity index (χ2n) is 6.72. The molecular weight excluding hydrogens is 328 g/mol. The maximum atomic E-state index is 5.87. The van der Waals surface area contributed by atoms with Gasteiger partial charge in [0.05, 0.1) is 0 Å². The van der Waals surface area contributed by atoms with Crippen LogP contribution in [0.15, 0.2) is 85.5 Å². The number of allylic oxidation sites excluding steroid dienone is 3. The van der Waals surface area contributed by atoms with Gasteiger partial charge in [0.2, 0.25) is 0 Å². The normalized spacial score (nSPS) is 11.7. The molecule has 0 aromatic heterocycles. The van der Waals surface area contributed by atoms with Crippen LogP contribution in [0.5, 0.6) is 0 Å². The number of hydrogen-bond donors (Lipinski definition) is 2. The van der Waals surface area contributed by atoms with Gasteiger partial charge in [0.25, 0.3) is 0 Å². The van der Waals surface area contributed by atoms with Crippen LogP contribution in [0.2, 0.25) is 0 Å². The zero-order valence-corrected chi connectivity index (χ0v) is 15.8. The smallest absolute Gasteiger partial charge is 0.0314 e. The van der Waals surface area contributed by atoms with Crippen molar-refractivity contribution in [2.75, 3.05) is 11.5 Å². The van der Waals surface area contributed by atoms with Crippen molar-refractivity contribution in [2.45, 2.75) is 19.8 Å². The van der Waals surface area contributed by atoms with Crippen molar-refractivity contribution in [3.05, 3.63) is 96.6 Å². The van der Waals surface area contributed by atoms with E-state index in [0.717, 1.165) is 24.2 Å². The third-order valence-electron chi connectivity index (χ3n) is 4.87. The standard InChI is InChI=1S/C25H26N2/c1-3-4-7-23(18(2)19-10-14-21(26)15-11-19)25-9-6-5-8-24(25)20-12-16-22(27)17-13-20/h3,5-6,8-17H,1,4,7,26-27H2,2H3/b23-18-. The van der Waals surface area contributed by atoms with Crippen molar-refractivity contribution >= 4 is 22.5 Å². The van der Waals surface area contributed by atoms with E-state index < -0.39 is 0 Å². The minimum absolute atomic E-state index is 0.775. The van der Waals surface area contributed by atoms with Gasteiger partial charge in [0.15, 0.2) is 0 Å². The molecule has 0 heterocycles. The molecule has 3 aromatic rings. The van der Waals surface area contributed by atoms with Crippen molar-refractivity contribution in [1.82, 2.24) is 0 Å². The summed E-state index contributed by atoms with van der Waals surface area (Å²) in [7, 11) is 0. The lowest BCUT2D eigenvalue weighted by atomic mass is 9.87. The Labute approximate surface area is 161 Å². The van der Waals surface area contributed by atoms with Crippen LogP contribution in [0.1, 0.15) is 30.9 Å². The number of anilines is 2. The average molecular weight is 354 g/mol. The largest absolute Gasteiger partial charge is 0.399 e. The fourth-order valence-corrected chi connectivity index (χ4v) is 3.34. The lowest BCUT2D eigenvalue weighted by Gasteiger charge is -2.17. The molecule has 3 aromatic carbocycles. The Morgan fingerprint density at radius 1 is 0.852 bits per heavy atom. The fourth-order valence-electron chi connectivity index (χ4n) is 3.34. The third kappa shape index (κ3) is 4.29. The number of rotatable bonds is 6. The zero-order chi connectivity index (χ0) is 19.2. The third-order valence-corrected chi connectivity index (χ3v) is 4.87. The maximum Gasteiger partial charge on any atom is 0.0314 e. The summed E-state index contributed by atoms with van der Waals surface area (Å²) in [4.78, 5) is 0. The Kier molecular flexibility index (Phi) is 5.77. The lowest BCUT2D eigenvalue weighted by molar-refractivity contribution is 1.07. The summed E-state index contributed by atoms with van der Waals surface area (Å²) >= 11 is 0. The van der Waals surface area contributed by atoms with Gasteiger partial charge in [-0.2, -0.15) is 0 Å². The van der Waals surface area contributed by atoms with Gasteiger partial charge in [-0.15, -0.1) is 6.58 Å². The molecule has 0 radical (unpaired) electrons. The maximum absolute atomic E-state index is 5.87. The number of nitrogen functional groups attached to an aromatic ring is 2. The number of benzene rings is 3. The summed E-state index contributed by atoms with van der Waals surface area (Å²) in [5, 5.41) is 0. The van der Waals surface area contributed by atoms with Gasteiger partial charge in [0, 0.05) is 11.4 Å². The van der Waals surface area contributed by atoms with Crippen LogP contribution in [0.25, 0.3) is 22.3 Å². The van der Waals surface area contributed by atoms with Crippen molar-refractivity contribution in [2.24, 2.45) is 0 Å². The molecule has 0 aliphatic heterocycles. The van der Waals surface area contributed by atoms with Gasteiger partial charge >= 0.3 is 0 Å². The average Bonchev–Trinajstić information content (AvgIpc) is 2.70. The van der Waals surface area contributed by atoms with E-state index in [-0.39, 0.29) is 0 Å². The Hall–Kier alpha value is -3.26. The first kappa shape index (κ1) is 18.5.